The van der Waals surface area contributed by atoms with Crippen LogP contribution in [0.4, 0.5) is 10.5 Å². The van der Waals surface area contributed by atoms with Gasteiger partial charge in [-0.2, -0.15) is 0 Å². The third kappa shape index (κ3) is 8.51. The number of para-hydroxylation sites is 2. The summed E-state index contributed by atoms with van der Waals surface area (Å²) in [6, 6.07) is 15.7. The molecule has 0 aromatic heterocycles. The van der Waals surface area contributed by atoms with Crippen molar-refractivity contribution in [1.29, 1.82) is 0 Å². The summed E-state index contributed by atoms with van der Waals surface area (Å²) in [7, 11) is -2.74. The van der Waals surface area contributed by atoms with Crippen LogP contribution < -0.4 is 29.6 Å². The molecule has 0 spiro atoms. The number of amides is 2. The maximum Gasteiger partial charge on any atom is 0.404 e. The van der Waals surface area contributed by atoms with Crippen molar-refractivity contribution in [1.82, 2.24) is 10.6 Å². The molecule has 12 nitrogen and oxygen atoms in total. The number of carboxylic acid groups (broad SMARTS) is 1. The van der Waals surface area contributed by atoms with Crippen LogP contribution in [-0.2, 0) is 15.4 Å². The molecule has 0 saturated carbocycles. The number of methoxy groups -OCH3 is 1. The predicted molar refractivity (Wildman–Crippen MR) is 156 cm³/mol. The number of aliphatic hydroxyl groups excluding tert-OH is 1. The molecule has 3 rings (SSSR count). The Bertz CT molecular complexity index is 1500. The van der Waals surface area contributed by atoms with Crippen LogP contribution in [0.25, 0.3) is 0 Å². The van der Waals surface area contributed by atoms with Crippen molar-refractivity contribution in [2.24, 2.45) is 0 Å². The van der Waals surface area contributed by atoms with Crippen molar-refractivity contribution in [3.8, 4) is 23.0 Å². The van der Waals surface area contributed by atoms with E-state index in [1.54, 1.807) is 36.4 Å². The van der Waals surface area contributed by atoms with Gasteiger partial charge in [-0.05, 0) is 47.4 Å². The van der Waals surface area contributed by atoms with Gasteiger partial charge in [-0.1, -0.05) is 45.0 Å². The molecule has 0 saturated heterocycles. The van der Waals surface area contributed by atoms with E-state index in [0.29, 0.717) is 5.75 Å². The summed E-state index contributed by atoms with van der Waals surface area (Å²) in [4.78, 5) is 23.7. The van der Waals surface area contributed by atoms with E-state index in [4.69, 9.17) is 19.3 Å². The summed E-state index contributed by atoms with van der Waals surface area (Å²) in [5.41, 5.74) is 0.625. The number of hydrogen-bond acceptors (Lipinski definition) is 8. The van der Waals surface area contributed by atoms with Crippen molar-refractivity contribution >= 4 is 27.7 Å². The second-order valence-electron chi connectivity index (χ2n) is 10.0. The molecule has 0 bridgehead atoms. The van der Waals surface area contributed by atoms with Gasteiger partial charge in [0.1, 0.15) is 6.61 Å². The van der Waals surface area contributed by atoms with Crippen LogP contribution in [0.2, 0.25) is 0 Å². The number of hydrogen-bond donors (Lipinski definition) is 5. The third-order valence-electron chi connectivity index (χ3n) is 5.91. The summed E-state index contributed by atoms with van der Waals surface area (Å²) < 4.78 is 46.7. The van der Waals surface area contributed by atoms with Gasteiger partial charge in [0.15, 0.2) is 23.0 Å². The minimum Gasteiger partial charge on any atom is -0.493 e. The van der Waals surface area contributed by atoms with Crippen LogP contribution in [0.5, 0.6) is 23.0 Å². The van der Waals surface area contributed by atoms with E-state index in [-0.39, 0.29) is 65.1 Å². The van der Waals surface area contributed by atoms with Crippen LogP contribution in [0.15, 0.2) is 65.6 Å². The number of carbonyl (C=O) groups excluding carboxylic acids is 1. The maximum absolute atomic E-state index is 13.5. The van der Waals surface area contributed by atoms with Crippen LogP contribution in [0, 0.1) is 0 Å². The van der Waals surface area contributed by atoms with E-state index in [9.17, 15) is 23.1 Å². The Kier molecular flexibility index (Phi) is 10.6. The minimum absolute atomic E-state index is 0.00794. The molecule has 0 unspecified atom stereocenters. The van der Waals surface area contributed by atoms with Crippen molar-refractivity contribution in [2.75, 3.05) is 38.1 Å². The average molecular weight is 602 g/mol. The quantitative estimate of drug-likeness (QED) is 0.182. The highest BCUT2D eigenvalue weighted by molar-refractivity contribution is 7.92. The van der Waals surface area contributed by atoms with Gasteiger partial charge >= 0.3 is 6.09 Å². The highest BCUT2D eigenvalue weighted by Crippen LogP contribution is 2.43. The van der Waals surface area contributed by atoms with Gasteiger partial charge in [0, 0.05) is 18.7 Å². The van der Waals surface area contributed by atoms with E-state index in [1.807, 2.05) is 20.8 Å². The number of nitrogens with one attached hydrogen (secondary N) is 3. The highest BCUT2D eigenvalue weighted by atomic mass is 32.2. The van der Waals surface area contributed by atoms with E-state index < -0.39 is 22.0 Å². The Hall–Kier alpha value is -4.49. The monoisotopic (exact) mass is 601 g/mol. The van der Waals surface area contributed by atoms with Crippen molar-refractivity contribution in [3.63, 3.8) is 0 Å². The molecular formula is C29H35N3O9S. The Morgan fingerprint density at radius 2 is 1.55 bits per heavy atom. The Morgan fingerprint density at radius 1 is 0.905 bits per heavy atom. The van der Waals surface area contributed by atoms with Crippen molar-refractivity contribution in [3.05, 3.63) is 71.8 Å². The predicted octanol–water partition coefficient (Wildman–Crippen LogP) is 3.95. The standard InChI is InChI=1S/C29H35N3O9S/c1-29(2,3)20-9-11-21(12-10-20)42(37,38)32-22-17-19(27(34)30-13-14-31-28(35)36)18-25(40-16-15-33)26(22)41-24-8-6-5-7-23(24)39-4/h5-12,17-18,31-33H,13-16H2,1-4H3,(H,30,34)(H,35,36). The molecule has 0 aliphatic heterocycles. The van der Waals surface area contributed by atoms with Gasteiger partial charge in [-0.15, -0.1) is 0 Å². The van der Waals surface area contributed by atoms with Gasteiger partial charge in [0.25, 0.3) is 15.9 Å². The van der Waals surface area contributed by atoms with Crippen LogP contribution in [-0.4, -0.2) is 64.0 Å². The van der Waals surface area contributed by atoms with Gasteiger partial charge in [-0.25, -0.2) is 13.2 Å². The molecule has 0 radical (unpaired) electrons. The molecule has 3 aromatic carbocycles. The van der Waals surface area contributed by atoms with Crippen LogP contribution in [0.3, 0.4) is 0 Å². The first kappa shape index (κ1) is 32.0. The number of sulfonamides is 1. The first-order valence-electron chi connectivity index (χ1n) is 13.0. The molecular weight excluding hydrogens is 566 g/mol. The van der Waals surface area contributed by atoms with E-state index >= 15 is 0 Å². The van der Waals surface area contributed by atoms with E-state index in [2.05, 4.69) is 15.4 Å². The van der Waals surface area contributed by atoms with E-state index in [0.717, 1.165) is 5.56 Å². The second-order valence-corrected chi connectivity index (χ2v) is 11.7. The van der Waals surface area contributed by atoms with Gasteiger partial charge < -0.3 is 35.1 Å². The summed E-state index contributed by atoms with van der Waals surface area (Å²) in [5, 5.41) is 22.9. The summed E-state index contributed by atoms with van der Waals surface area (Å²) in [5.74, 6) is -0.153. The highest BCUT2D eigenvalue weighted by Gasteiger charge is 2.24. The van der Waals surface area contributed by atoms with Gasteiger partial charge in [0.05, 0.1) is 24.3 Å². The fourth-order valence-electron chi connectivity index (χ4n) is 3.78. The zero-order chi connectivity index (χ0) is 30.9. The summed E-state index contributed by atoms with van der Waals surface area (Å²) in [6.45, 7) is 5.41. The molecule has 0 aliphatic carbocycles. The smallest absolute Gasteiger partial charge is 0.404 e. The molecule has 13 heteroatoms. The first-order chi connectivity index (χ1) is 19.9. The largest absolute Gasteiger partial charge is 0.493 e. The van der Waals surface area contributed by atoms with Crippen molar-refractivity contribution < 1.29 is 42.4 Å². The average Bonchev–Trinajstić information content (AvgIpc) is 2.94. The zero-order valence-electron chi connectivity index (χ0n) is 23.8. The Labute approximate surface area is 244 Å². The third-order valence-corrected chi connectivity index (χ3v) is 7.29. The lowest BCUT2D eigenvalue weighted by molar-refractivity contribution is 0.0952. The molecule has 0 atom stereocenters. The van der Waals surface area contributed by atoms with Crippen molar-refractivity contribution in [2.45, 2.75) is 31.1 Å². The lowest BCUT2D eigenvalue weighted by Gasteiger charge is -2.21. The van der Waals surface area contributed by atoms with Gasteiger partial charge in [0.2, 0.25) is 0 Å². The second kappa shape index (κ2) is 13.9. The number of aliphatic hydroxyl groups is 1. The number of carbonyl (C=O) groups is 2. The molecule has 42 heavy (non-hydrogen) atoms. The number of rotatable bonds is 13. The van der Waals surface area contributed by atoms with Crippen LogP contribution >= 0.6 is 0 Å². The Balaban J connectivity index is 2.09. The fraction of sp³-hybridized carbons (Fsp3) is 0.310. The maximum atomic E-state index is 13.5. The Morgan fingerprint density at radius 3 is 2.14 bits per heavy atom. The molecule has 226 valence electrons. The van der Waals surface area contributed by atoms with Gasteiger partial charge in [-0.3, -0.25) is 9.52 Å². The fourth-order valence-corrected chi connectivity index (χ4v) is 4.83. The molecule has 0 aliphatic rings. The number of benzene rings is 3. The summed E-state index contributed by atoms with van der Waals surface area (Å²) >= 11 is 0. The van der Waals surface area contributed by atoms with Crippen LogP contribution in [0.1, 0.15) is 36.7 Å². The molecule has 0 fully saturated rings. The lowest BCUT2D eigenvalue weighted by atomic mass is 9.87. The molecule has 2 amide bonds. The molecule has 5 N–H and O–H groups in total. The number of ether oxygens (including phenoxy) is 3. The first-order valence-corrected chi connectivity index (χ1v) is 14.4. The molecule has 3 aromatic rings. The summed E-state index contributed by atoms with van der Waals surface area (Å²) in [6.07, 6.45) is -1.24. The SMILES string of the molecule is COc1ccccc1Oc1c(NS(=O)(=O)c2ccc(C(C)(C)C)cc2)cc(C(=O)NCCNC(=O)O)cc1OCCO. The minimum atomic E-state index is -4.19. The zero-order valence-corrected chi connectivity index (χ0v) is 24.6. The lowest BCUT2D eigenvalue weighted by Crippen LogP contribution is -2.34. The topological polar surface area (TPSA) is 173 Å². The van der Waals surface area contributed by atoms with E-state index in [1.165, 1.54) is 31.4 Å². The number of anilines is 1. The normalized spacial score (nSPS) is 11.4. The molecule has 0 heterocycles.